The van der Waals surface area contributed by atoms with Gasteiger partial charge in [-0.05, 0) is 48.1 Å². The van der Waals surface area contributed by atoms with Gasteiger partial charge in [0.25, 0.3) is 0 Å². The third-order valence-corrected chi connectivity index (χ3v) is 6.20. The molecule has 2 aromatic heterocycles. The van der Waals surface area contributed by atoms with E-state index in [1.54, 1.807) is 13.3 Å². The van der Waals surface area contributed by atoms with Crippen LogP contribution in [0, 0.1) is 0 Å². The summed E-state index contributed by atoms with van der Waals surface area (Å²) in [5.74, 6) is 1.88. The normalized spacial score (nSPS) is 20.7. The molecular formula is C23H26N6O. The summed E-state index contributed by atoms with van der Waals surface area (Å²) in [5, 5.41) is 4.21. The predicted molar refractivity (Wildman–Crippen MR) is 120 cm³/mol. The van der Waals surface area contributed by atoms with Gasteiger partial charge in [-0.25, -0.2) is 15.0 Å². The number of ether oxygens (including phenoxy) is 1. The summed E-state index contributed by atoms with van der Waals surface area (Å²) in [6, 6.07) is 6.48. The average molecular weight is 403 g/mol. The van der Waals surface area contributed by atoms with Gasteiger partial charge >= 0.3 is 0 Å². The second-order valence-corrected chi connectivity index (χ2v) is 8.12. The van der Waals surface area contributed by atoms with Gasteiger partial charge in [-0.15, -0.1) is 0 Å². The molecule has 1 aromatic carbocycles. The van der Waals surface area contributed by atoms with Crippen molar-refractivity contribution in [2.24, 2.45) is 5.73 Å². The fourth-order valence-electron chi connectivity index (χ4n) is 4.46. The third kappa shape index (κ3) is 3.35. The number of nitrogen functional groups attached to an aromatic ring is 1. The highest BCUT2D eigenvalue weighted by Gasteiger charge is 2.23. The van der Waals surface area contributed by atoms with Crippen LogP contribution in [0.4, 0.5) is 11.8 Å². The van der Waals surface area contributed by atoms with E-state index in [2.05, 4.69) is 33.5 Å². The Hall–Kier alpha value is -3.19. The van der Waals surface area contributed by atoms with Crippen LogP contribution in [-0.4, -0.2) is 34.1 Å². The summed E-state index contributed by atoms with van der Waals surface area (Å²) in [5.41, 5.74) is 17.8. The number of rotatable bonds is 4. The van der Waals surface area contributed by atoms with Crippen molar-refractivity contribution in [3.8, 4) is 5.75 Å². The fourth-order valence-corrected chi connectivity index (χ4v) is 4.46. The van der Waals surface area contributed by atoms with Crippen molar-refractivity contribution >= 4 is 34.3 Å². The summed E-state index contributed by atoms with van der Waals surface area (Å²) in [6.07, 6.45) is 11.0. The lowest BCUT2D eigenvalue weighted by molar-refractivity contribution is 0.402. The minimum Gasteiger partial charge on any atom is -0.497 e. The van der Waals surface area contributed by atoms with Crippen LogP contribution in [0.1, 0.15) is 42.4 Å². The van der Waals surface area contributed by atoms with Crippen molar-refractivity contribution in [2.45, 2.75) is 44.2 Å². The van der Waals surface area contributed by atoms with Crippen LogP contribution < -0.4 is 21.5 Å². The van der Waals surface area contributed by atoms with E-state index < -0.39 is 0 Å². The van der Waals surface area contributed by atoms with Crippen LogP contribution >= 0.6 is 0 Å². The predicted octanol–water partition coefficient (Wildman–Crippen LogP) is 3.39. The molecule has 1 fully saturated rings. The Bertz CT molecular complexity index is 1140. The fraction of sp³-hybridized carbons (Fsp3) is 0.348. The van der Waals surface area contributed by atoms with E-state index in [1.807, 2.05) is 12.3 Å². The van der Waals surface area contributed by atoms with Crippen LogP contribution in [0.3, 0.4) is 0 Å². The molecule has 7 heteroatoms. The molecular weight excluding hydrogens is 376 g/mol. The number of hydrogen-bond acceptors (Lipinski definition) is 7. The lowest BCUT2D eigenvalue weighted by atomic mass is 9.91. The van der Waals surface area contributed by atoms with Crippen molar-refractivity contribution in [1.82, 2.24) is 15.0 Å². The van der Waals surface area contributed by atoms with Gasteiger partial charge in [-0.3, -0.25) is 0 Å². The Labute approximate surface area is 175 Å². The highest BCUT2D eigenvalue weighted by Crippen LogP contribution is 2.36. The zero-order valence-corrected chi connectivity index (χ0v) is 17.1. The van der Waals surface area contributed by atoms with Crippen LogP contribution in [-0.2, 0) is 6.42 Å². The van der Waals surface area contributed by atoms with Gasteiger partial charge in [0.15, 0.2) is 0 Å². The van der Waals surface area contributed by atoms with Gasteiger partial charge in [-0.2, -0.15) is 0 Å². The molecule has 30 heavy (non-hydrogen) atoms. The average Bonchev–Trinajstić information content (AvgIpc) is 3.18. The number of aromatic nitrogens is 3. The maximum atomic E-state index is 6.30. The second kappa shape index (κ2) is 7.57. The molecule has 0 spiro atoms. The molecule has 1 saturated carbocycles. The SMILES string of the molecule is COc1ccc2c(c1)C=C(c1cnc(N)c3cnc(N[C@@H]4CCCC[C@@H]4N)nc13)C2. The molecule has 2 heterocycles. The highest BCUT2D eigenvalue weighted by molar-refractivity contribution is 6.01. The molecule has 0 amide bonds. The first kappa shape index (κ1) is 18.8. The van der Waals surface area contributed by atoms with Crippen LogP contribution in [0.2, 0.25) is 0 Å². The minimum atomic E-state index is 0.127. The Morgan fingerprint density at radius 1 is 1.13 bits per heavy atom. The van der Waals surface area contributed by atoms with Crippen LogP contribution in [0.15, 0.2) is 30.6 Å². The number of benzene rings is 1. The van der Waals surface area contributed by atoms with E-state index >= 15 is 0 Å². The second-order valence-electron chi connectivity index (χ2n) is 8.12. The molecule has 3 aromatic rings. The molecule has 0 unspecified atom stereocenters. The van der Waals surface area contributed by atoms with E-state index in [9.17, 15) is 0 Å². The number of fused-ring (bicyclic) bond motifs is 2. The summed E-state index contributed by atoms with van der Waals surface area (Å²) in [7, 11) is 1.68. The number of allylic oxidation sites excluding steroid dienone is 1. The quantitative estimate of drug-likeness (QED) is 0.613. The maximum Gasteiger partial charge on any atom is 0.223 e. The zero-order chi connectivity index (χ0) is 20.7. The first-order valence-corrected chi connectivity index (χ1v) is 10.4. The Balaban J connectivity index is 1.53. The molecule has 154 valence electrons. The van der Waals surface area contributed by atoms with E-state index in [0.717, 1.165) is 52.6 Å². The first-order chi connectivity index (χ1) is 14.6. The number of nitrogens with two attached hydrogens (primary N) is 2. The van der Waals surface area contributed by atoms with Crippen LogP contribution in [0.25, 0.3) is 22.6 Å². The number of pyridine rings is 1. The standard InChI is InChI=1S/C23H26N6O/c1-30-16-7-6-13-8-15(9-14(13)10-16)17-11-26-22(25)18-12-27-23(29-21(17)18)28-20-5-3-2-4-19(20)24/h6-7,9-12,19-20H,2-5,8,24H2,1H3,(H2,25,26)(H,27,28,29)/t19-,20+/m0/s1. The molecule has 5 N–H and O–H groups in total. The maximum absolute atomic E-state index is 6.30. The van der Waals surface area contributed by atoms with E-state index in [0.29, 0.717) is 11.8 Å². The largest absolute Gasteiger partial charge is 0.497 e. The Morgan fingerprint density at radius 3 is 2.83 bits per heavy atom. The van der Waals surface area contributed by atoms with Gasteiger partial charge in [0.05, 0.1) is 18.0 Å². The summed E-state index contributed by atoms with van der Waals surface area (Å²) in [4.78, 5) is 13.7. The lowest BCUT2D eigenvalue weighted by Gasteiger charge is -2.29. The van der Waals surface area contributed by atoms with E-state index in [-0.39, 0.29) is 12.1 Å². The monoisotopic (exact) mass is 402 g/mol. The van der Waals surface area contributed by atoms with Crippen molar-refractivity contribution in [2.75, 3.05) is 18.2 Å². The number of nitrogens with one attached hydrogen (secondary N) is 1. The minimum absolute atomic E-state index is 0.127. The number of hydrogen-bond donors (Lipinski definition) is 3. The lowest BCUT2D eigenvalue weighted by Crippen LogP contribution is -2.42. The number of anilines is 2. The van der Waals surface area contributed by atoms with Gasteiger partial charge in [0.2, 0.25) is 5.95 Å². The van der Waals surface area contributed by atoms with E-state index in [1.165, 1.54) is 18.4 Å². The van der Waals surface area contributed by atoms with E-state index in [4.69, 9.17) is 21.2 Å². The van der Waals surface area contributed by atoms with Crippen molar-refractivity contribution in [3.05, 3.63) is 47.3 Å². The van der Waals surface area contributed by atoms with Gasteiger partial charge in [0, 0.05) is 30.0 Å². The van der Waals surface area contributed by atoms with Gasteiger partial charge < -0.3 is 21.5 Å². The molecule has 2 atom stereocenters. The molecule has 0 aliphatic heterocycles. The summed E-state index contributed by atoms with van der Waals surface area (Å²) < 4.78 is 5.37. The Morgan fingerprint density at radius 2 is 2.00 bits per heavy atom. The van der Waals surface area contributed by atoms with Gasteiger partial charge in [0.1, 0.15) is 11.6 Å². The number of nitrogens with zero attached hydrogens (tertiary/aromatic N) is 3. The molecule has 2 aliphatic carbocycles. The molecule has 5 rings (SSSR count). The third-order valence-electron chi connectivity index (χ3n) is 6.20. The highest BCUT2D eigenvalue weighted by atomic mass is 16.5. The first-order valence-electron chi connectivity index (χ1n) is 10.4. The smallest absolute Gasteiger partial charge is 0.223 e. The van der Waals surface area contributed by atoms with Gasteiger partial charge in [-0.1, -0.05) is 25.0 Å². The summed E-state index contributed by atoms with van der Waals surface area (Å²) in [6.45, 7) is 0. The van der Waals surface area contributed by atoms with Crippen molar-refractivity contribution in [3.63, 3.8) is 0 Å². The topological polar surface area (TPSA) is 112 Å². The molecule has 7 nitrogen and oxygen atoms in total. The molecule has 0 radical (unpaired) electrons. The van der Waals surface area contributed by atoms with Crippen molar-refractivity contribution in [1.29, 1.82) is 0 Å². The molecule has 0 saturated heterocycles. The molecule has 0 bridgehead atoms. The summed E-state index contributed by atoms with van der Waals surface area (Å²) >= 11 is 0. The number of methoxy groups -OCH3 is 1. The Kier molecular flexibility index (Phi) is 4.75. The van der Waals surface area contributed by atoms with Crippen molar-refractivity contribution < 1.29 is 4.74 Å². The zero-order valence-electron chi connectivity index (χ0n) is 17.1. The molecule has 2 aliphatic rings. The van der Waals surface area contributed by atoms with Crippen LogP contribution in [0.5, 0.6) is 5.75 Å².